The Hall–Kier alpha value is -3.62. The van der Waals surface area contributed by atoms with Crippen molar-refractivity contribution in [1.82, 2.24) is 20.9 Å². The number of aliphatic hydroxyl groups excluding tert-OH is 1. The van der Waals surface area contributed by atoms with Crippen LogP contribution in [-0.4, -0.2) is 87.1 Å². The number of aromatic nitrogens is 1. The number of amides is 4. The first-order chi connectivity index (χ1) is 17.9. The minimum atomic E-state index is -1.65. The SMILES string of the molecule is CSCCC(NC(=O)C(N)Cc1c[nH]c2ccccc12)C(=O)NC(C(=O)NC(CC(N)=O)C(=O)O)C(C)O. The van der Waals surface area contributed by atoms with Gasteiger partial charge in [0.1, 0.15) is 18.1 Å². The Morgan fingerprint density at radius 1 is 1.03 bits per heavy atom. The van der Waals surface area contributed by atoms with Crippen molar-refractivity contribution in [2.75, 3.05) is 12.0 Å². The van der Waals surface area contributed by atoms with Gasteiger partial charge in [0.2, 0.25) is 23.6 Å². The zero-order valence-electron chi connectivity index (χ0n) is 21.1. The predicted molar refractivity (Wildman–Crippen MR) is 142 cm³/mol. The number of carboxylic acid groups (broad SMARTS) is 1. The van der Waals surface area contributed by atoms with Crippen molar-refractivity contribution in [3.8, 4) is 0 Å². The highest BCUT2D eigenvalue weighted by Crippen LogP contribution is 2.19. The van der Waals surface area contributed by atoms with Crippen LogP contribution in [0.3, 0.4) is 0 Å². The molecule has 0 fully saturated rings. The number of carbonyl (C=O) groups is 5. The maximum Gasteiger partial charge on any atom is 0.326 e. The summed E-state index contributed by atoms with van der Waals surface area (Å²) in [5.74, 6) is -4.37. The van der Waals surface area contributed by atoms with E-state index in [1.165, 1.54) is 18.7 Å². The van der Waals surface area contributed by atoms with Crippen LogP contribution in [0.1, 0.15) is 25.3 Å². The number of rotatable bonds is 15. The van der Waals surface area contributed by atoms with Crippen LogP contribution in [0.4, 0.5) is 0 Å². The topological polar surface area (TPSA) is 230 Å². The van der Waals surface area contributed by atoms with Crippen LogP contribution < -0.4 is 27.4 Å². The van der Waals surface area contributed by atoms with Crippen molar-refractivity contribution in [3.63, 3.8) is 0 Å². The molecular weight excluding hydrogens is 516 g/mol. The van der Waals surface area contributed by atoms with Crippen LogP contribution in [0.25, 0.3) is 10.9 Å². The van der Waals surface area contributed by atoms with Gasteiger partial charge in [-0.2, -0.15) is 11.8 Å². The van der Waals surface area contributed by atoms with Crippen molar-refractivity contribution >= 4 is 52.3 Å². The molecule has 0 saturated carbocycles. The second kappa shape index (κ2) is 14.4. The molecule has 1 heterocycles. The molecule has 0 radical (unpaired) electrons. The summed E-state index contributed by atoms with van der Waals surface area (Å²) in [7, 11) is 0. The van der Waals surface area contributed by atoms with E-state index < -0.39 is 66.3 Å². The predicted octanol–water partition coefficient (Wildman–Crippen LogP) is -1.41. The Bertz CT molecular complexity index is 1150. The van der Waals surface area contributed by atoms with Gasteiger partial charge in [-0.3, -0.25) is 19.2 Å². The number of para-hydroxylation sites is 1. The number of H-pyrrole nitrogens is 1. The van der Waals surface area contributed by atoms with E-state index in [1.54, 1.807) is 6.20 Å². The van der Waals surface area contributed by atoms with E-state index in [0.717, 1.165) is 16.5 Å². The van der Waals surface area contributed by atoms with E-state index in [-0.39, 0.29) is 12.8 Å². The van der Waals surface area contributed by atoms with Gasteiger partial charge in [0.25, 0.3) is 0 Å². The fourth-order valence-corrected chi connectivity index (χ4v) is 4.21. The molecule has 5 atom stereocenters. The summed E-state index contributed by atoms with van der Waals surface area (Å²) < 4.78 is 0. The number of nitrogens with one attached hydrogen (secondary N) is 4. The Labute approximate surface area is 223 Å². The first kappa shape index (κ1) is 30.6. The Balaban J connectivity index is 2.10. The zero-order valence-corrected chi connectivity index (χ0v) is 21.9. The standard InChI is InChI=1S/C24H34N6O7S/c1-12(31)20(23(35)29-18(24(36)37)10-19(26)32)30-22(34)17(7-8-38-2)28-21(33)15(25)9-13-11-27-16-6-4-3-5-14(13)16/h3-6,11-12,15,17-18,20,27,31H,7-10,25H2,1-2H3,(H2,26,32)(H,28,33)(H,29,35)(H,30,34)(H,36,37). The lowest BCUT2D eigenvalue weighted by atomic mass is 10.0. The number of nitrogens with two attached hydrogens (primary N) is 2. The lowest BCUT2D eigenvalue weighted by Crippen LogP contribution is -2.60. The maximum absolute atomic E-state index is 13.1. The Kier molecular flexibility index (Phi) is 11.6. The number of aliphatic hydroxyl groups is 1. The Morgan fingerprint density at radius 2 is 1.68 bits per heavy atom. The van der Waals surface area contributed by atoms with Gasteiger partial charge in [-0.1, -0.05) is 18.2 Å². The van der Waals surface area contributed by atoms with Gasteiger partial charge in [-0.25, -0.2) is 4.79 Å². The molecule has 14 heteroatoms. The van der Waals surface area contributed by atoms with Gasteiger partial charge in [-0.15, -0.1) is 0 Å². The van der Waals surface area contributed by atoms with Gasteiger partial charge in [0.15, 0.2) is 0 Å². The van der Waals surface area contributed by atoms with Crippen LogP contribution in [0, 0.1) is 0 Å². The number of carboxylic acids is 1. The third-order valence-corrected chi connectivity index (χ3v) is 6.42. The number of hydrogen-bond donors (Lipinski definition) is 8. The number of aromatic amines is 1. The van der Waals surface area contributed by atoms with Gasteiger partial charge in [0.05, 0.1) is 18.6 Å². The average molecular weight is 551 g/mol. The summed E-state index contributed by atoms with van der Waals surface area (Å²) in [6, 6.07) is 2.28. The van der Waals surface area contributed by atoms with E-state index in [2.05, 4.69) is 20.9 Å². The normalized spacial score (nSPS) is 15.1. The largest absolute Gasteiger partial charge is 0.480 e. The second-order valence-electron chi connectivity index (χ2n) is 8.81. The number of fused-ring (bicyclic) bond motifs is 1. The van der Waals surface area contributed by atoms with E-state index in [1.807, 2.05) is 30.5 Å². The van der Waals surface area contributed by atoms with Crippen molar-refractivity contribution in [2.45, 2.75) is 56.5 Å². The molecule has 13 nitrogen and oxygen atoms in total. The lowest BCUT2D eigenvalue weighted by molar-refractivity contribution is -0.144. The maximum atomic E-state index is 13.1. The Morgan fingerprint density at radius 3 is 2.29 bits per heavy atom. The number of hydrogen-bond acceptors (Lipinski definition) is 8. The molecule has 38 heavy (non-hydrogen) atoms. The number of benzene rings is 1. The minimum absolute atomic E-state index is 0.201. The van der Waals surface area contributed by atoms with Crippen molar-refractivity contribution < 1.29 is 34.2 Å². The lowest BCUT2D eigenvalue weighted by Gasteiger charge is -2.26. The highest BCUT2D eigenvalue weighted by atomic mass is 32.2. The van der Waals surface area contributed by atoms with Gasteiger partial charge >= 0.3 is 5.97 Å². The smallest absolute Gasteiger partial charge is 0.326 e. The summed E-state index contributed by atoms with van der Waals surface area (Å²) in [6.07, 6.45) is 1.89. The van der Waals surface area contributed by atoms with Crippen LogP contribution in [0.15, 0.2) is 30.5 Å². The molecule has 208 valence electrons. The highest BCUT2D eigenvalue weighted by molar-refractivity contribution is 7.98. The van der Waals surface area contributed by atoms with E-state index in [0.29, 0.717) is 5.75 Å². The molecule has 0 spiro atoms. The monoisotopic (exact) mass is 550 g/mol. The van der Waals surface area contributed by atoms with Gasteiger partial charge in [-0.05, 0) is 43.4 Å². The summed E-state index contributed by atoms with van der Waals surface area (Å²) in [5, 5.41) is 27.3. The molecule has 10 N–H and O–H groups in total. The quantitative estimate of drug-likeness (QED) is 0.130. The fourth-order valence-electron chi connectivity index (χ4n) is 3.74. The molecule has 0 bridgehead atoms. The van der Waals surface area contributed by atoms with E-state index in [9.17, 15) is 34.2 Å². The first-order valence-electron chi connectivity index (χ1n) is 11.8. The number of primary amides is 1. The summed E-state index contributed by atoms with van der Waals surface area (Å²) in [4.78, 5) is 64.2. The van der Waals surface area contributed by atoms with Gasteiger partial charge in [0, 0.05) is 17.1 Å². The molecule has 1 aromatic carbocycles. The fraction of sp³-hybridized carbons (Fsp3) is 0.458. The number of carbonyl (C=O) groups excluding carboxylic acids is 4. The van der Waals surface area contributed by atoms with Crippen molar-refractivity contribution in [2.24, 2.45) is 11.5 Å². The molecule has 2 rings (SSSR count). The summed E-state index contributed by atoms with van der Waals surface area (Å²) in [6.45, 7) is 1.22. The van der Waals surface area contributed by atoms with Gasteiger partial charge < -0.3 is 42.6 Å². The molecule has 4 amide bonds. The minimum Gasteiger partial charge on any atom is -0.480 e. The second-order valence-corrected chi connectivity index (χ2v) is 9.80. The average Bonchev–Trinajstić information content (AvgIpc) is 3.26. The van der Waals surface area contributed by atoms with Crippen molar-refractivity contribution in [3.05, 3.63) is 36.0 Å². The summed E-state index contributed by atoms with van der Waals surface area (Å²) in [5.41, 5.74) is 12.9. The molecular formula is C24H34N6O7S. The number of thioether (sulfide) groups is 1. The third kappa shape index (κ3) is 8.75. The highest BCUT2D eigenvalue weighted by Gasteiger charge is 2.33. The van der Waals surface area contributed by atoms with E-state index >= 15 is 0 Å². The first-order valence-corrected chi connectivity index (χ1v) is 13.2. The van der Waals surface area contributed by atoms with E-state index in [4.69, 9.17) is 11.5 Å². The van der Waals surface area contributed by atoms with Crippen LogP contribution >= 0.6 is 11.8 Å². The molecule has 0 aliphatic heterocycles. The molecule has 1 aromatic heterocycles. The third-order valence-electron chi connectivity index (χ3n) is 5.78. The molecule has 5 unspecified atom stereocenters. The molecule has 0 saturated heterocycles. The molecule has 0 aliphatic rings. The van der Waals surface area contributed by atoms with Crippen LogP contribution in [-0.2, 0) is 30.4 Å². The molecule has 0 aliphatic carbocycles. The summed E-state index contributed by atoms with van der Waals surface area (Å²) >= 11 is 1.43. The van der Waals surface area contributed by atoms with Crippen molar-refractivity contribution in [1.29, 1.82) is 0 Å². The number of aliphatic carboxylic acids is 1. The van der Waals surface area contributed by atoms with Crippen LogP contribution in [0.2, 0.25) is 0 Å². The zero-order chi connectivity index (χ0) is 28.4. The van der Waals surface area contributed by atoms with Crippen LogP contribution in [0.5, 0.6) is 0 Å². The molecule has 2 aromatic rings.